The Morgan fingerprint density at radius 1 is 0.909 bits per heavy atom. The maximum absolute atomic E-state index is 12.3. The second-order valence-electron chi connectivity index (χ2n) is 5.21. The Kier molecular flexibility index (Phi) is 5.26. The van der Waals surface area contributed by atoms with Gasteiger partial charge in [-0.05, 0) is 29.7 Å². The highest BCUT2D eigenvalue weighted by Gasteiger charge is 2.19. The molecule has 0 unspecified atom stereocenters. The third kappa shape index (κ3) is 4.16. The third-order valence-corrected chi connectivity index (χ3v) is 3.17. The molecular weight excluding hydrogens is 276 g/mol. The maximum atomic E-state index is 12.3. The summed E-state index contributed by atoms with van der Waals surface area (Å²) in [4.78, 5) is 24.2. The first kappa shape index (κ1) is 15.7. The van der Waals surface area contributed by atoms with Crippen molar-refractivity contribution in [3.63, 3.8) is 0 Å². The molecule has 2 rings (SSSR count). The predicted octanol–water partition coefficient (Wildman–Crippen LogP) is 4.11. The molecule has 0 bridgehead atoms. The molecule has 2 aromatic carbocycles. The van der Waals surface area contributed by atoms with E-state index in [2.05, 4.69) is 0 Å². The van der Waals surface area contributed by atoms with Crippen molar-refractivity contribution in [2.75, 3.05) is 0 Å². The number of ether oxygens (including phenoxy) is 1. The van der Waals surface area contributed by atoms with E-state index in [1.165, 1.54) is 0 Å². The molecule has 0 spiro atoms. The number of hydrogen-bond donors (Lipinski definition) is 0. The summed E-state index contributed by atoms with van der Waals surface area (Å²) < 4.78 is 4.99. The highest BCUT2D eigenvalue weighted by molar-refractivity contribution is 6.04. The molecule has 0 aromatic heterocycles. The van der Waals surface area contributed by atoms with Gasteiger partial charge in [0.2, 0.25) is 0 Å². The summed E-state index contributed by atoms with van der Waals surface area (Å²) in [5, 5.41) is 0. The van der Waals surface area contributed by atoms with E-state index in [1.807, 2.05) is 44.2 Å². The fraction of sp³-hybridized carbons (Fsp3) is 0.158. The quantitative estimate of drug-likeness (QED) is 0.484. The summed E-state index contributed by atoms with van der Waals surface area (Å²) >= 11 is 0. The van der Waals surface area contributed by atoms with Crippen LogP contribution < -0.4 is 0 Å². The van der Waals surface area contributed by atoms with Crippen LogP contribution in [0.15, 0.2) is 66.2 Å². The lowest BCUT2D eigenvalue weighted by atomic mass is 10.0. The second-order valence-corrected chi connectivity index (χ2v) is 5.21. The molecule has 0 aliphatic carbocycles. The van der Waals surface area contributed by atoms with Crippen LogP contribution in [0.3, 0.4) is 0 Å². The van der Waals surface area contributed by atoms with Gasteiger partial charge >= 0.3 is 11.9 Å². The first-order valence-electron chi connectivity index (χ1n) is 7.16. The van der Waals surface area contributed by atoms with Gasteiger partial charge in [-0.1, -0.05) is 62.4 Å². The van der Waals surface area contributed by atoms with E-state index in [0.29, 0.717) is 11.1 Å². The van der Waals surface area contributed by atoms with Crippen molar-refractivity contribution in [1.82, 2.24) is 0 Å². The van der Waals surface area contributed by atoms with E-state index in [9.17, 15) is 9.59 Å². The molecule has 112 valence electrons. The number of esters is 2. The van der Waals surface area contributed by atoms with Crippen molar-refractivity contribution >= 4 is 18.0 Å². The minimum atomic E-state index is -0.634. The van der Waals surface area contributed by atoms with E-state index >= 15 is 0 Å². The Bertz CT molecular complexity index is 670. The highest BCUT2D eigenvalue weighted by Crippen LogP contribution is 2.17. The van der Waals surface area contributed by atoms with Crippen LogP contribution in [-0.4, -0.2) is 11.9 Å². The lowest BCUT2D eigenvalue weighted by molar-refractivity contribution is -0.134. The van der Waals surface area contributed by atoms with Gasteiger partial charge in [0.25, 0.3) is 0 Å². The molecule has 0 aliphatic heterocycles. The summed E-state index contributed by atoms with van der Waals surface area (Å²) in [6.45, 7) is 3.78. The average Bonchev–Trinajstić information content (AvgIpc) is 2.54. The zero-order valence-corrected chi connectivity index (χ0v) is 12.7. The van der Waals surface area contributed by atoms with Gasteiger partial charge in [0.05, 0.1) is 5.56 Å². The van der Waals surface area contributed by atoms with Gasteiger partial charge in [-0.15, -0.1) is 0 Å². The minimum absolute atomic E-state index is 0.0451. The van der Waals surface area contributed by atoms with Crippen LogP contribution >= 0.6 is 0 Å². The van der Waals surface area contributed by atoms with Crippen LogP contribution in [0.2, 0.25) is 0 Å². The molecule has 0 amide bonds. The Labute approximate surface area is 130 Å². The molecule has 0 atom stereocenters. The lowest BCUT2D eigenvalue weighted by Crippen LogP contribution is -2.17. The summed E-state index contributed by atoms with van der Waals surface area (Å²) in [6.07, 6.45) is 1.76. The maximum Gasteiger partial charge on any atom is 0.346 e. The van der Waals surface area contributed by atoms with E-state index in [0.717, 1.165) is 5.56 Å². The molecule has 0 saturated heterocycles. The van der Waals surface area contributed by atoms with Crippen molar-refractivity contribution in [1.29, 1.82) is 0 Å². The van der Waals surface area contributed by atoms with Gasteiger partial charge in [-0.25, -0.2) is 9.59 Å². The van der Waals surface area contributed by atoms with Gasteiger partial charge in [0, 0.05) is 5.57 Å². The van der Waals surface area contributed by atoms with Crippen molar-refractivity contribution < 1.29 is 14.3 Å². The van der Waals surface area contributed by atoms with Crippen LogP contribution in [0, 0.1) is 5.92 Å². The van der Waals surface area contributed by atoms with Crippen molar-refractivity contribution in [3.05, 3.63) is 77.4 Å². The summed E-state index contributed by atoms with van der Waals surface area (Å²) in [6, 6.07) is 18.0. The van der Waals surface area contributed by atoms with Gasteiger partial charge < -0.3 is 4.74 Å². The zero-order chi connectivity index (χ0) is 15.9. The monoisotopic (exact) mass is 294 g/mol. The van der Waals surface area contributed by atoms with E-state index in [4.69, 9.17) is 4.74 Å². The third-order valence-electron chi connectivity index (χ3n) is 3.17. The van der Waals surface area contributed by atoms with Crippen LogP contribution in [-0.2, 0) is 9.53 Å². The molecule has 2 aromatic rings. The number of carbonyl (C=O) groups excluding carboxylic acids is 2. The van der Waals surface area contributed by atoms with Gasteiger partial charge in [0.15, 0.2) is 0 Å². The molecule has 3 heteroatoms. The molecule has 0 aliphatic rings. The van der Waals surface area contributed by atoms with Crippen molar-refractivity contribution in [2.45, 2.75) is 13.8 Å². The summed E-state index contributed by atoms with van der Waals surface area (Å²) in [5.74, 6) is -1.28. The van der Waals surface area contributed by atoms with Crippen molar-refractivity contribution in [2.24, 2.45) is 5.92 Å². The van der Waals surface area contributed by atoms with Crippen molar-refractivity contribution in [3.8, 4) is 0 Å². The lowest BCUT2D eigenvalue weighted by Gasteiger charge is -2.10. The number of hydrogen-bond acceptors (Lipinski definition) is 3. The smallest absolute Gasteiger partial charge is 0.346 e. The number of rotatable bonds is 4. The predicted molar refractivity (Wildman–Crippen MR) is 86.1 cm³/mol. The zero-order valence-electron chi connectivity index (χ0n) is 12.7. The van der Waals surface area contributed by atoms with Gasteiger partial charge in [0.1, 0.15) is 0 Å². The summed E-state index contributed by atoms with van der Waals surface area (Å²) in [5.41, 5.74) is 1.73. The molecule has 0 heterocycles. The Morgan fingerprint density at radius 2 is 1.45 bits per heavy atom. The largest absolute Gasteiger partial charge is 0.386 e. The number of carbonyl (C=O) groups is 2. The molecule has 22 heavy (non-hydrogen) atoms. The fourth-order valence-corrected chi connectivity index (χ4v) is 1.97. The van der Waals surface area contributed by atoms with Crippen LogP contribution in [0.5, 0.6) is 0 Å². The second kappa shape index (κ2) is 7.36. The first-order chi connectivity index (χ1) is 10.6. The van der Waals surface area contributed by atoms with Crippen LogP contribution in [0.25, 0.3) is 6.08 Å². The Morgan fingerprint density at radius 3 is 2.00 bits per heavy atom. The van der Waals surface area contributed by atoms with E-state index < -0.39 is 11.9 Å². The van der Waals surface area contributed by atoms with Crippen LogP contribution in [0.4, 0.5) is 0 Å². The molecule has 0 N–H and O–H groups in total. The minimum Gasteiger partial charge on any atom is -0.386 e. The van der Waals surface area contributed by atoms with Crippen LogP contribution in [0.1, 0.15) is 29.8 Å². The molecule has 3 nitrogen and oxygen atoms in total. The van der Waals surface area contributed by atoms with E-state index in [1.54, 1.807) is 36.4 Å². The topological polar surface area (TPSA) is 43.4 Å². The first-order valence-corrected chi connectivity index (χ1v) is 7.16. The van der Waals surface area contributed by atoms with Gasteiger partial charge in [-0.3, -0.25) is 0 Å². The highest BCUT2D eigenvalue weighted by atomic mass is 16.6. The Balaban J connectivity index is 2.18. The normalized spacial score (nSPS) is 11.3. The SMILES string of the molecule is CC(C)C(=Cc1ccccc1)C(=O)OC(=O)c1ccccc1. The molecule has 0 fully saturated rings. The average molecular weight is 294 g/mol. The Hall–Kier alpha value is -2.68. The molecule has 0 radical (unpaired) electrons. The molecular formula is C19H18O3. The van der Waals surface area contributed by atoms with E-state index in [-0.39, 0.29) is 5.92 Å². The van der Waals surface area contributed by atoms with Gasteiger partial charge in [-0.2, -0.15) is 0 Å². The molecule has 0 saturated carbocycles. The standard InChI is InChI=1S/C19H18O3/c1-14(2)17(13-15-9-5-3-6-10-15)19(21)22-18(20)16-11-7-4-8-12-16/h3-14H,1-2H3. The fourth-order valence-electron chi connectivity index (χ4n) is 1.97. The summed E-state index contributed by atoms with van der Waals surface area (Å²) in [7, 11) is 0. The number of benzene rings is 2.